The number of rotatable bonds is 5. The number of aryl methyl sites for hydroxylation is 1. The van der Waals surface area contributed by atoms with E-state index < -0.39 is 0 Å². The maximum atomic E-state index is 6.00. The molecule has 2 heteroatoms. The Balaban J connectivity index is 2.99. The Bertz CT molecular complexity index is 392. The van der Waals surface area contributed by atoms with E-state index in [9.17, 15) is 0 Å². The topological polar surface area (TPSA) is 12.0 Å². The molecular weight excluding hydrogens is 230 g/mol. The van der Waals surface area contributed by atoms with Gasteiger partial charge < -0.3 is 5.32 Å². The van der Waals surface area contributed by atoms with Crippen molar-refractivity contribution in [3.05, 3.63) is 46.0 Å². The Morgan fingerprint density at radius 1 is 1.41 bits per heavy atom. The van der Waals surface area contributed by atoms with E-state index >= 15 is 0 Å². The van der Waals surface area contributed by atoms with Crippen molar-refractivity contribution in [2.75, 3.05) is 6.54 Å². The largest absolute Gasteiger partial charge is 0.307 e. The lowest BCUT2D eigenvalue weighted by Gasteiger charge is -2.18. The van der Waals surface area contributed by atoms with Gasteiger partial charge in [-0.05, 0) is 57.0 Å². The number of halogens is 1. The molecule has 0 aliphatic rings. The highest BCUT2D eigenvalue weighted by Gasteiger charge is 2.10. The minimum Gasteiger partial charge on any atom is -0.307 e. The van der Waals surface area contributed by atoms with Crippen LogP contribution < -0.4 is 5.32 Å². The molecule has 0 heterocycles. The van der Waals surface area contributed by atoms with Crippen LogP contribution in [0.15, 0.2) is 29.8 Å². The summed E-state index contributed by atoms with van der Waals surface area (Å²) in [6, 6.07) is 6.39. The van der Waals surface area contributed by atoms with E-state index in [-0.39, 0.29) is 6.04 Å². The highest BCUT2D eigenvalue weighted by molar-refractivity contribution is 6.30. The fourth-order valence-electron chi connectivity index (χ4n) is 1.88. The molecule has 0 saturated carbocycles. The first-order valence-electron chi connectivity index (χ1n) is 6.19. The van der Waals surface area contributed by atoms with Crippen LogP contribution in [-0.4, -0.2) is 6.54 Å². The molecule has 1 nitrogen and oxygen atoms in total. The first-order chi connectivity index (χ1) is 8.04. The molecule has 94 valence electrons. The van der Waals surface area contributed by atoms with Crippen molar-refractivity contribution in [3.63, 3.8) is 0 Å². The third-order valence-electron chi connectivity index (χ3n) is 2.68. The fraction of sp³-hybridized carbons (Fsp3) is 0.467. The van der Waals surface area contributed by atoms with Gasteiger partial charge >= 0.3 is 0 Å². The van der Waals surface area contributed by atoms with E-state index in [4.69, 9.17) is 11.6 Å². The van der Waals surface area contributed by atoms with E-state index in [1.54, 1.807) is 0 Å². The highest BCUT2D eigenvalue weighted by Crippen LogP contribution is 2.23. The Morgan fingerprint density at radius 2 is 2.12 bits per heavy atom. The van der Waals surface area contributed by atoms with Crippen LogP contribution in [0.4, 0.5) is 0 Å². The smallest absolute Gasteiger partial charge is 0.0511 e. The average molecular weight is 252 g/mol. The second-order valence-corrected chi connectivity index (χ2v) is 5.11. The van der Waals surface area contributed by atoms with Gasteiger partial charge in [-0.15, -0.1) is 0 Å². The maximum absolute atomic E-state index is 6.00. The second-order valence-electron chi connectivity index (χ2n) is 4.68. The van der Waals surface area contributed by atoms with Crippen molar-refractivity contribution in [2.24, 2.45) is 0 Å². The molecule has 1 N–H and O–H groups in total. The van der Waals surface area contributed by atoms with Crippen LogP contribution in [0.25, 0.3) is 0 Å². The van der Waals surface area contributed by atoms with Gasteiger partial charge in [0.05, 0.1) is 6.04 Å². The molecule has 0 aliphatic carbocycles. The van der Waals surface area contributed by atoms with Gasteiger partial charge in [-0.1, -0.05) is 36.2 Å². The molecule has 1 rings (SSSR count). The van der Waals surface area contributed by atoms with Crippen molar-refractivity contribution in [3.8, 4) is 0 Å². The first-order valence-corrected chi connectivity index (χ1v) is 6.56. The summed E-state index contributed by atoms with van der Waals surface area (Å²) in [5, 5.41) is 4.36. The molecule has 0 spiro atoms. The Morgan fingerprint density at radius 3 is 2.65 bits per heavy atom. The van der Waals surface area contributed by atoms with Gasteiger partial charge in [0.25, 0.3) is 0 Å². The standard InChI is InChI=1S/C15H22ClN/c1-5-8-17-15(9-11(2)3)14-7-6-13(16)10-12(14)4/h6-7,9-10,15,17H,5,8H2,1-4H3. The molecule has 0 saturated heterocycles. The Hall–Kier alpha value is -0.790. The van der Waals surface area contributed by atoms with Crippen LogP contribution in [0.2, 0.25) is 5.02 Å². The van der Waals surface area contributed by atoms with Gasteiger partial charge in [0, 0.05) is 5.02 Å². The zero-order valence-electron chi connectivity index (χ0n) is 11.2. The van der Waals surface area contributed by atoms with Crippen LogP contribution in [0.3, 0.4) is 0 Å². The highest BCUT2D eigenvalue weighted by atomic mass is 35.5. The zero-order chi connectivity index (χ0) is 12.8. The van der Waals surface area contributed by atoms with Crippen molar-refractivity contribution >= 4 is 11.6 Å². The summed E-state index contributed by atoms with van der Waals surface area (Å²) in [5.74, 6) is 0. The average Bonchev–Trinajstić information content (AvgIpc) is 2.24. The summed E-state index contributed by atoms with van der Waals surface area (Å²) < 4.78 is 0. The van der Waals surface area contributed by atoms with Crippen LogP contribution in [0, 0.1) is 6.92 Å². The summed E-state index contributed by atoms with van der Waals surface area (Å²) in [4.78, 5) is 0. The zero-order valence-corrected chi connectivity index (χ0v) is 11.9. The lowest BCUT2D eigenvalue weighted by Crippen LogP contribution is -2.21. The number of allylic oxidation sites excluding steroid dienone is 1. The van der Waals surface area contributed by atoms with Crippen molar-refractivity contribution in [1.29, 1.82) is 0 Å². The molecule has 17 heavy (non-hydrogen) atoms. The number of benzene rings is 1. The number of hydrogen-bond acceptors (Lipinski definition) is 1. The molecule has 0 bridgehead atoms. The Labute approximate surface area is 110 Å². The van der Waals surface area contributed by atoms with Gasteiger partial charge in [0.2, 0.25) is 0 Å². The normalized spacial score (nSPS) is 12.3. The molecular formula is C15H22ClN. The van der Waals surface area contributed by atoms with E-state index in [1.165, 1.54) is 16.7 Å². The monoisotopic (exact) mass is 251 g/mol. The van der Waals surface area contributed by atoms with Crippen LogP contribution >= 0.6 is 11.6 Å². The van der Waals surface area contributed by atoms with E-state index in [0.717, 1.165) is 18.0 Å². The number of hydrogen-bond donors (Lipinski definition) is 1. The second kappa shape index (κ2) is 6.83. The van der Waals surface area contributed by atoms with Crippen molar-refractivity contribution < 1.29 is 0 Å². The van der Waals surface area contributed by atoms with Crippen molar-refractivity contribution in [2.45, 2.75) is 40.2 Å². The predicted octanol–water partition coefficient (Wildman–Crippen LogP) is 4.66. The summed E-state index contributed by atoms with van der Waals surface area (Å²) in [6.07, 6.45) is 3.41. The minimum absolute atomic E-state index is 0.289. The van der Waals surface area contributed by atoms with Crippen molar-refractivity contribution in [1.82, 2.24) is 5.32 Å². The lowest BCUT2D eigenvalue weighted by atomic mass is 9.99. The third-order valence-corrected chi connectivity index (χ3v) is 2.92. The SMILES string of the molecule is CCCNC(C=C(C)C)c1ccc(Cl)cc1C. The predicted molar refractivity (Wildman–Crippen MR) is 76.7 cm³/mol. The molecule has 1 aromatic rings. The van der Waals surface area contributed by atoms with Crippen LogP contribution in [0.1, 0.15) is 44.4 Å². The molecule has 0 radical (unpaired) electrons. The van der Waals surface area contributed by atoms with E-state index in [2.05, 4.69) is 45.2 Å². The first kappa shape index (κ1) is 14.3. The van der Waals surface area contributed by atoms with Gasteiger partial charge in [0.15, 0.2) is 0 Å². The third kappa shape index (κ3) is 4.53. The molecule has 0 aliphatic heterocycles. The van der Waals surface area contributed by atoms with Gasteiger partial charge in [-0.3, -0.25) is 0 Å². The van der Waals surface area contributed by atoms with Gasteiger partial charge in [-0.2, -0.15) is 0 Å². The molecule has 0 amide bonds. The molecule has 1 unspecified atom stereocenters. The minimum atomic E-state index is 0.289. The Kier molecular flexibility index (Phi) is 5.73. The lowest BCUT2D eigenvalue weighted by molar-refractivity contribution is 0.608. The summed E-state index contributed by atoms with van der Waals surface area (Å²) >= 11 is 6.00. The van der Waals surface area contributed by atoms with Crippen LogP contribution in [-0.2, 0) is 0 Å². The van der Waals surface area contributed by atoms with Gasteiger partial charge in [0.1, 0.15) is 0 Å². The summed E-state index contributed by atoms with van der Waals surface area (Å²) in [6.45, 7) is 9.58. The molecule has 1 aromatic carbocycles. The number of nitrogens with one attached hydrogen (secondary N) is 1. The molecule has 0 aromatic heterocycles. The maximum Gasteiger partial charge on any atom is 0.0511 e. The molecule has 0 fully saturated rings. The quantitative estimate of drug-likeness (QED) is 0.751. The molecule has 1 atom stereocenters. The fourth-order valence-corrected chi connectivity index (χ4v) is 2.11. The van der Waals surface area contributed by atoms with Gasteiger partial charge in [-0.25, -0.2) is 0 Å². The van der Waals surface area contributed by atoms with Crippen LogP contribution in [0.5, 0.6) is 0 Å². The van der Waals surface area contributed by atoms with E-state index in [0.29, 0.717) is 0 Å². The van der Waals surface area contributed by atoms with E-state index in [1.807, 2.05) is 12.1 Å². The summed E-state index contributed by atoms with van der Waals surface area (Å²) in [5.41, 5.74) is 3.88. The summed E-state index contributed by atoms with van der Waals surface area (Å²) in [7, 11) is 0.